The lowest BCUT2D eigenvalue weighted by atomic mass is 9.97. The van der Waals surface area contributed by atoms with Crippen molar-refractivity contribution in [3.63, 3.8) is 0 Å². The van der Waals surface area contributed by atoms with Crippen molar-refractivity contribution >= 4 is 50.3 Å². The molecule has 0 bridgehead atoms. The molecule has 0 unspecified atom stereocenters. The largest absolute Gasteiger partial charge is 0.489 e. The van der Waals surface area contributed by atoms with E-state index in [4.69, 9.17) is 33.5 Å². The summed E-state index contributed by atoms with van der Waals surface area (Å²) in [4.78, 5) is 53.5. The number of nitrogens with one attached hydrogen (secondary N) is 3. The molecule has 5 aliphatic heterocycles. The summed E-state index contributed by atoms with van der Waals surface area (Å²) in [6.07, 6.45) is 9.52. The van der Waals surface area contributed by atoms with Gasteiger partial charge in [0.25, 0.3) is 0 Å². The Bertz CT molecular complexity index is 5390. The van der Waals surface area contributed by atoms with Gasteiger partial charge in [0.2, 0.25) is 5.91 Å². The number of carbonyl (C=O) groups is 1. The number of hydrogen-bond acceptors (Lipinski definition) is 20. The summed E-state index contributed by atoms with van der Waals surface area (Å²) in [6.45, 7) is 14.4. The Morgan fingerprint density at radius 2 is 0.865 bits per heavy atom. The molecule has 0 atom stereocenters. The first-order valence-corrected chi connectivity index (χ1v) is 37.9. The van der Waals surface area contributed by atoms with E-state index in [1.54, 1.807) is 31.3 Å². The maximum Gasteiger partial charge on any atom is 0.248 e. The fraction of sp³-hybridized carbons (Fsp3) is 0.322. The molecule has 24 heteroatoms. The first kappa shape index (κ1) is 74.4. The quantitative estimate of drug-likeness (QED) is 0.0600. The van der Waals surface area contributed by atoms with E-state index in [-0.39, 0.29) is 24.2 Å². The van der Waals surface area contributed by atoms with Crippen molar-refractivity contribution in [2.75, 3.05) is 115 Å². The highest BCUT2D eigenvalue weighted by Crippen LogP contribution is 2.39. The van der Waals surface area contributed by atoms with Crippen molar-refractivity contribution in [2.45, 2.75) is 76.3 Å². The number of aromatic amines is 3. The molecule has 111 heavy (non-hydrogen) atoms. The van der Waals surface area contributed by atoms with Gasteiger partial charge < -0.3 is 73.2 Å². The molecular weight excluding hydrogens is 1400 g/mol. The maximum atomic E-state index is 11.7. The Hall–Kier alpha value is -12.1. The highest BCUT2D eigenvalue weighted by molar-refractivity contribution is 5.98. The van der Waals surface area contributed by atoms with Crippen LogP contribution in [0.1, 0.15) is 74.6 Å². The van der Waals surface area contributed by atoms with Crippen LogP contribution in [0.4, 0.5) is 11.4 Å². The number of aromatic nitrogens is 8. The topological polar surface area (TPSA) is 309 Å². The van der Waals surface area contributed by atoms with E-state index < -0.39 is 12.2 Å². The number of morpholine rings is 1. The lowest BCUT2D eigenvalue weighted by Crippen LogP contribution is -2.44. The zero-order chi connectivity index (χ0) is 76.4. The van der Waals surface area contributed by atoms with Crippen molar-refractivity contribution in [1.82, 2.24) is 49.7 Å². The third-order valence-electron chi connectivity index (χ3n) is 21.2. The summed E-state index contributed by atoms with van der Waals surface area (Å²) in [7, 11) is 2.17. The van der Waals surface area contributed by atoms with Gasteiger partial charge in [0.15, 0.2) is 0 Å². The normalized spacial score (nSPS) is 16.1. The number of rotatable bonds is 16. The standard InChI is InChI=1S/C31H31N5O4.C29H30N6O2.C27H26N4O3/c32-19-23-17-22(3-6-29(23)40-25-8-11-36(12-9-25)30(38)20-37)31-26-18-28(34-27(26)7-10-33-31)21-1-4-24(5-2-21)35-13-15-39-16-14-35;1-34-10-12-35(13-11-34)23-5-2-20(3-6-23)26-17-25-28(31-19-32-29(25)33-26)21-4-7-27(22(16-21)18-30)37-24-8-14-36-15-9-24;1-27(2,32)20-6-3-17(4-7-20)23-14-22-25(29-16-30-26(22)31-23)18-5-8-24(19(13-18)15-28)34-21-9-11-33-12-10-21/h1-7,10,17-18,25,34,37H,8-9,11-16,20H2;2-7,16-17,19,24H,8-15H2,1H3,(H,31,32,33);3-8,13-14,16,21,32H,9-12H2,1-2H3,(H,29,30,31). The van der Waals surface area contributed by atoms with E-state index in [2.05, 4.69) is 140 Å². The zero-order valence-corrected chi connectivity index (χ0v) is 62.4. The first-order valence-electron chi connectivity index (χ1n) is 37.9. The summed E-state index contributed by atoms with van der Waals surface area (Å²) in [5.41, 5.74) is 17.2. The van der Waals surface area contributed by atoms with E-state index in [0.29, 0.717) is 91.9 Å². The number of aliphatic hydroxyl groups is 2. The number of benzene rings is 6. The predicted octanol–water partition coefficient (Wildman–Crippen LogP) is 13.4. The van der Waals surface area contributed by atoms with Crippen LogP contribution in [0.5, 0.6) is 17.2 Å². The number of nitrogens with zero attached hydrogens (tertiary/aromatic N) is 12. The third-order valence-corrected chi connectivity index (χ3v) is 21.2. The Labute approximate surface area is 643 Å². The minimum absolute atomic E-state index is 0.0625. The van der Waals surface area contributed by atoms with Crippen molar-refractivity contribution in [1.29, 1.82) is 15.8 Å². The summed E-state index contributed by atoms with van der Waals surface area (Å²) >= 11 is 0. The summed E-state index contributed by atoms with van der Waals surface area (Å²) in [5.74, 6) is 1.46. The second-order valence-electron chi connectivity index (χ2n) is 28.9. The molecule has 0 saturated carbocycles. The lowest BCUT2D eigenvalue weighted by Gasteiger charge is -2.34. The Morgan fingerprint density at radius 3 is 1.31 bits per heavy atom. The fourth-order valence-corrected chi connectivity index (χ4v) is 14.8. The van der Waals surface area contributed by atoms with Crippen LogP contribution in [0.25, 0.3) is 101 Å². The molecule has 6 aromatic heterocycles. The molecule has 6 aromatic carbocycles. The molecule has 24 nitrogen and oxygen atoms in total. The number of likely N-dealkylation sites (tertiary alicyclic amines) is 1. The SMILES string of the molecule is CC(C)(O)c1ccc(-c2cc3c(-c4ccc(OC5CCOCC5)c(C#N)c4)ncnc3[nH]2)cc1.CN1CCN(c2ccc(-c3cc4c(-c5ccc(OC6CCOCC6)c(C#N)c5)ncnc4[nH]3)cc2)CC1.N#Cc1cc(-c2nccc3[nH]c(-c4ccc(N5CCOCC5)cc4)cc23)ccc1OC1CCN(C(=O)CO)CC1. The van der Waals surface area contributed by atoms with Gasteiger partial charge >= 0.3 is 0 Å². The Kier molecular flexibility index (Phi) is 22.7. The van der Waals surface area contributed by atoms with Gasteiger partial charge in [0, 0.05) is 164 Å². The average Bonchev–Trinajstić information content (AvgIpc) is 1.77. The van der Waals surface area contributed by atoms with Crippen LogP contribution in [0.15, 0.2) is 171 Å². The second-order valence-corrected chi connectivity index (χ2v) is 28.9. The van der Waals surface area contributed by atoms with Gasteiger partial charge in [-0.25, -0.2) is 19.9 Å². The maximum absolute atomic E-state index is 11.7. The van der Waals surface area contributed by atoms with Crippen molar-refractivity contribution in [3.05, 3.63) is 193 Å². The van der Waals surface area contributed by atoms with Gasteiger partial charge in [0.05, 0.1) is 79.0 Å². The van der Waals surface area contributed by atoms with E-state index in [1.165, 1.54) is 17.7 Å². The van der Waals surface area contributed by atoms with Gasteiger partial charge in [-0.15, -0.1) is 0 Å². The molecule has 17 rings (SSSR count). The van der Waals surface area contributed by atoms with E-state index in [1.807, 2.05) is 91.0 Å². The summed E-state index contributed by atoms with van der Waals surface area (Å²) in [6, 6.07) is 56.9. The molecule has 1 amide bonds. The number of carbonyl (C=O) groups excluding carboxylic acids is 1. The number of amides is 1. The lowest BCUT2D eigenvalue weighted by molar-refractivity contribution is -0.135. The van der Waals surface area contributed by atoms with Crippen LogP contribution in [0.2, 0.25) is 0 Å². The molecule has 5 saturated heterocycles. The van der Waals surface area contributed by atoms with Crippen LogP contribution < -0.4 is 24.0 Å². The number of likely N-dealkylation sites (N-methyl/N-ethyl adjacent to an activating group) is 1. The van der Waals surface area contributed by atoms with Gasteiger partial charge in [-0.05, 0) is 146 Å². The fourth-order valence-electron chi connectivity index (χ4n) is 14.8. The van der Waals surface area contributed by atoms with Gasteiger partial charge in [0.1, 0.15) is 84.3 Å². The molecule has 5 fully saturated rings. The molecule has 12 aromatic rings. The Morgan fingerprint density at radius 1 is 0.468 bits per heavy atom. The summed E-state index contributed by atoms with van der Waals surface area (Å²) < 4.78 is 34.7. The molecule has 11 heterocycles. The van der Waals surface area contributed by atoms with Crippen molar-refractivity contribution < 1.29 is 43.4 Å². The molecule has 5 aliphatic rings. The zero-order valence-electron chi connectivity index (χ0n) is 62.4. The number of pyridine rings is 1. The van der Waals surface area contributed by atoms with E-state index in [0.717, 1.165) is 179 Å². The van der Waals surface area contributed by atoms with E-state index in [9.17, 15) is 25.7 Å². The van der Waals surface area contributed by atoms with Crippen molar-refractivity contribution in [3.8, 4) is 103 Å². The molecule has 0 spiro atoms. The Balaban J connectivity index is 0.000000132. The molecule has 5 N–H and O–H groups in total. The average molecular weight is 1490 g/mol. The van der Waals surface area contributed by atoms with Gasteiger partial charge in [-0.2, -0.15) is 15.8 Å². The number of H-pyrrole nitrogens is 3. The van der Waals surface area contributed by atoms with Crippen LogP contribution in [-0.4, -0.2) is 190 Å². The number of piperidine rings is 1. The summed E-state index contributed by atoms with van der Waals surface area (Å²) in [5, 5.41) is 51.5. The number of piperazine rings is 1. The van der Waals surface area contributed by atoms with Crippen LogP contribution in [-0.2, 0) is 24.6 Å². The minimum Gasteiger partial charge on any atom is -0.489 e. The van der Waals surface area contributed by atoms with Crippen LogP contribution >= 0.6 is 0 Å². The third kappa shape index (κ3) is 17.2. The number of hydrogen-bond donors (Lipinski definition) is 5. The highest BCUT2D eigenvalue weighted by Gasteiger charge is 2.27. The molecule has 564 valence electrons. The van der Waals surface area contributed by atoms with Crippen molar-refractivity contribution in [2.24, 2.45) is 0 Å². The number of aliphatic hydroxyl groups excluding tert-OH is 1. The van der Waals surface area contributed by atoms with Crippen LogP contribution in [0.3, 0.4) is 0 Å². The number of fused-ring (bicyclic) bond motifs is 3. The second kappa shape index (κ2) is 33.8. The van der Waals surface area contributed by atoms with Gasteiger partial charge in [-0.3, -0.25) is 9.78 Å². The molecule has 0 aliphatic carbocycles. The smallest absolute Gasteiger partial charge is 0.248 e. The minimum atomic E-state index is -0.892. The number of ether oxygens (including phenoxy) is 6. The highest BCUT2D eigenvalue weighted by atomic mass is 16.5. The first-order chi connectivity index (χ1) is 54.2. The van der Waals surface area contributed by atoms with Gasteiger partial charge in [-0.1, -0.05) is 48.5 Å². The predicted molar refractivity (Wildman–Crippen MR) is 425 cm³/mol. The molecule has 0 radical (unpaired) electrons. The van der Waals surface area contributed by atoms with E-state index >= 15 is 0 Å². The molecular formula is C87H87N15O9. The number of anilines is 2. The van der Waals surface area contributed by atoms with Crippen LogP contribution in [0, 0.1) is 34.0 Å². The number of nitriles is 3. The monoisotopic (exact) mass is 1490 g/mol.